The van der Waals surface area contributed by atoms with Gasteiger partial charge in [-0.25, -0.2) is 4.79 Å². The number of nitrogens with one attached hydrogen (secondary N) is 2. The lowest BCUT2D eigenvalue weighted by Crippen LogP contribution is -2.41. The summed E-state index contributed by atoms with van der Waals surface area (Å²) < 4.78 is 5.43. The highest BCUT2D eigenvalue weighted by Crippen LogP contribution is 2.20. The molecule has 1 aromatic rings. The molecule has 5 heteroatoms. The van der Waals surface area contributed by atoms with Crippen molar-refractivity contribution in [3.05, 3.63) is 29.8 Å². The van der Waals surface area contributed by atoms with Gasteiger partial charge >= 0.3 is 6.03 Å². The van der Waals surface area contributed by atoms with Crippen molar-refractivity contribution in [2.75, 3.05) is 13.2 Å². The number of ether oxygens (including phenoxy) is 1. The van der Waals surface area contributed by atoms with Crippen LogP contribution in [0.5, 0.6) is 5.75 Å². The molecular formula is C17H28N2O3. The third kappa shape index (κ3) is 7.31. The SMILES string of the molecule is CCOc1cccc(CNC(=O)NCC(C)(C)CC(C)O)c1. The van der Waals surface area contributed by atoms with E-state index in [1.54, 1.807) is 6.92 Å². The van der Waals surface area contributed by atoms with Gasteiger partial charge in [0.05, 0.1) is 12.7 Å². The molecule has 2 amide bonds. The Kier molecular flexibility index (Phi) is 7.18. The van der Waals surface area contributed by atoms with Gasteiger partial charge < -0.3 is 20.5 Å². The second-order valence-electron chi connectivity index (χ2n) is 6.33. The van der Waals surface area contributed by atoms with Crippen molar-refractivity contribution in [1.29, 1.82) is 0 Å². The Bertz CT molecular complexity index is 473. The van der Waals surface area contributed by atoms with Gasteiger partial charge in [-0.3, -0.25) is 0 Å². The molecule has 5 nitrogen and oxygen atoms in total. The molecule has 0 aromatic heterocycles. The van der Waals surface area contributed by atoms with E-state index in [9.17, 15) is 9.90 Å². The molecule has 22 heavy (non-hydrogen) atoms. The zero-order chi connectivity index (χ0) is 16.6. The number of hydrogen-bond donors (Lipinski definition) is 3. The van der Waals surface area contributed by atoms with E-state index < -0.39 is 0 Å². The van der Waals surface area contributed by atoms with Crippen LogP contribution in [-0.4, -0.2) is 30.4 Å². The topological polar surface area (TPSA) is 70.6 Å². The highest BCUT2D eigenvalue weighted by atomic mass is 16.5. The molecule has 0 saturated heterocycles. The Labute approximate surface area is 133 Å². The number of carbonyl (C=O) groups excluding carboxylic acids is 1. The fourth-order valence-corrected chi connectivity index (χ4v) is 2.35. The molecule has 0 bridgehead atoms. The largest absolute Gasteiger partial charge is 0.494 e. The second kappa shape index (κ2) is 8.63. The summed E-state index contributed by atoms with van der Waals surface area (Å²) in [5.74, 6) is 0.806. The van der Waals surface area contributed by atoms with Crippen LogP contribution in [0.2, 0.25) is 0 Å². The molecule has 1 rings (SSSR count). The van der Waals surface area contributed by atoms with Gasteiger partial charge in [0.15, 0.2) is 0 Å². The molecule has 0 aliphatic rings. The first kappa shape index (κ1) is 18.3. The van der Waals surface area contributed by atoms with Gasteiger partial charge in [0.1, 0.15) is 5.75 Å². The van der Waals surface area contributed by atoms with Gasteiger partial charge in [-0.05, 0) is 43.4 Å². The van der Waals surface area contributed by atoms with Crippen molar-refractivity contribution < 1.29 is 14.6 Å². The normalized spacial score (nSPS) is 12.6. The number of aliphatic hydroxyl groups is 1. The number of amides is 2. The third-order valence-corrected chi connectivity index (χ3v) is 3.24. The number of aliphatic hydroxyl groups excluding tert-OH is 1. The summed E-state index contributed by atoms with van der Waals surface area (Å²) in [6, 6.07) is 7.46. The highest BCUT2D eigenvalue weighted by Gasteiger charge is 2.20. The van der Waals surface area contributed by atoms with E-state index in [-0.39, 0.29) is 17.6 Å². The van der Waals surface area contributed by atoms with Gasteiger partial charge in [0.2, 0.25) is 0 Å². The number of benzene rings is 1. The lowest BCUT2D eigenvalue weighted by Gasteiger charge is -2.26. The lowest BCUT2D eigenvalue weighted by molar-refractivity contribution is 0.129. The van der Waals surface area contributed by atoms with Crippen LogP contribution in [0.25, 0.3) is 0 Å². The van der Waals surface area contributed by atoms with E-state index >= 15 is 0 Å². The average molecular weight is 308 g/mol. The molecule has 3 N–H and O–H groups in total. The summed E-state index contributed by atoms with van der Waals surface area (Å²) in [7, 11) is 0. The van der Waals surface area contributed by atoms with Gasteiger partial charge in [-0.2, -0.15) is 0 Å². The lowest BCUT2D eigenvalue weighted by atomic mass is 9.87. The molecule has 0 radical (unpaired) electrons. The molecule has 1 unspecified atom stereocenters. The molecular weight excluding hydrogens is 280 g/mol. The van der Waals surface area contributed by atoms with E-state index in [2.05, 4.69) is 10.6 Å². The Morgan fingerprint density at radius 1 is 1.36 bits per heavy atom. The Morgan fingerprint density at radius 3 is 2.73 bits per heavy atom. The number of hydrogen-bond acceptors (Lipinski definition) is 3. The summed E-state index contributed by atoms with van der Waals surface area (Å²) in [6.07, 6.45) is 0.269. The maximum atomic E-state index is 11.8. The first-order valence-electron chi connectivity index (χ1n) is 7.74. The van der Waals surface area contributed by atoms with E-state index in [1.165, 1.54) is 0 Å². The highest BCUT2D eigenvalue weighted by molar-refractivity contribution is 5.73. The quantitative estimate of drug-likeness (QED) is 0.691. The minimum atomic E-state index is -0.374. The molecule has 0 saturated carbocycles. The van der Waals surface area contributed by atoms with Crippen molar-refractivity contribution in [3.8, 4) is 5.75 Å². The van der Waals surface area contributed by atoms with E-state index in [4.69, 9.17) is 4.74 Å². The fourth-order valence-electron chi connectivity index (χ4n) is 2.35. The molecule has 1 atom stereocenters. The molecule has 0 aliphatic carbocycles. The van der Waals surface area contributed by atoms with Crippen LogP contribution in [0.1, 0.15) is 39.7 Å². The van der Waals surface area contributed by atoms with Gasteiger partial charge in [-0.1, -0.05) is 26.0 Å². The maximum Gasteiger partial charge on any atom is 0.315 e. The van der Waals surface area contributed by atoms with Crippen LogP contribution in [0.3, 0.4) is 0 Å². The molecule has 124 valence electrons. The first-order valence-corrected chi connectivity index (χ1v) is 7.74. The smallest absolute Gasteiger partial charge is 0.315 e. The van der Waals surface area contributed by atoms with Crippen LogP contribution in [0.15, 0.2) is 24.3 Å². The Morgan fingerprint density at radius 2 is 2.09 bits per heavy atom. The standard InChI is InChI=1S/C17H28N2O3/c1-5-22-15-8-6-7-14(9-15)11-18-16(21)19-12-17(3,4)10-13(2)20/h6-9,13,20H,5,10-12H2,1-4H3,(H2,18,19,21). The summed E-state index contributed by atoms with van der Waals surface area (Å²) in [4.78, 5) is 11.8. The summed E-state index contributed by atoms with van der Waals surface area (Å²) in [6.45, 7) is 9.32. The van der Waals surface area contributed by atoms with Crippen LogP contribution >= 0.6 is 0 Å². The van der Waals surface area contributed by atoms with Crippen LogP contribution in [-0.2, 0) is 6.54 Å². The summed E-state index contributed by atoms with van der Waals surface area (Å²) in [5, 5.41) is 15.1. The zero-order valence-electron chi connectivity index (χ0n) is 14.0. The van der Waals surface area contributed by atoms with Crippen molar-refractivity contribution in [3.63, 3.8) is 0 Å². The number of urea groups is 1. The van der Waals surface area contributed by atoms with E-state index in [1.807, 2.05) is 45.0 Å². The molecule has 1 aromatic carbocycles. The minimum absolute atomic E-state index is 0.139. The van der Waals surface area contributed by atoms with E-state index in [0.29, 0.717) is 26.1 Å². The van der Waals surface area contributed by atoms with Gasteiger partial charge in [0, 0.05) is 13.1 Å². The maximum absolute atomic E-state index is 11.8. The Hall–Kier alpha value is -1.75. The average Bonchev–Trinajstić information content (AvgIpc) is 2.42. The molecule has 0 fully saturated rings. The first-order chi connectivity index (χ1) is 10.3. The third-order valence-electron chi connectivity index (χ3n) is 3.24. The van der Waals surface area contributed by atoms with Crippen molar-refractivity contribution >= 4 is 6.03 Å². The predicted molar refractivity (Wildman–Crippen MR) is 87.9 cm³/mol. The van der Waals surface area contributed by atoms with Gasteiger partial charge in [-0.15, -0.1) is 0 Å². The monoisotopic (exact) mass is 308 g/mol. The molecule has 0 aliphatic heterocycles. The van der Waals surface area contributed by atoms with Gasteiger partial charge in [0.25, 0.3) is 0 Å². The second-order valence-corrected chi connectivity index (χ2v) is 6.33. The summed E-state index contributed by atoms with van der Waals surface area (Å²) >= 11 is 0. The van der Waals surface area contributed by atoms with Crippen LogP contribution in [0, 0.1) is 5.41 Å². The number of carbonyl (C=O) groups is 1. The Balaban J connectivity index is 2.38. The van der Waals surface area contributed by atoms with Crippen LogP contribution in [0.4, 0.5) is 4.79 Å². The fraction of sp³-hybridized carbons (Fsp3) is 0.588. The van der Waals surface area contributed by atoms with Crippen LogP contribution < -0.4 is 15.4 Å². The molecule has 0 heterocycles. The van der Waals surface area contributed by atoms with Crippen molar-refractivity contribution in [1.82, 2.24) is 10.6 Å². The van der Waals surface area contributed by atoms with Crippen molar-refractivity contribution in [2.45, 2.75) is 46.8 Å². The zero-order valence-corrected chi connectivity index (χ0v) is 14.0. The van der Waals surface area contributed by atoms with Crippen molar-refractivity contribution in [2.24, 2.45) is 5.41 Å². The summed E-state index contributed by atoms with van der Waals surface area (Å²) in [5.41, 5.74) is 0.852. The number of rotatable bonds is 8. The molecule has 0 spiro atoms. The van der Waals surface area contributed by atoms with E-state index in [0.717, 1.165) is 11.3 Å². The predicted octanol–water partition coefficient (Wildman–Crippen LogP) is 2.68. The minimum Gasteiger partial charge on any atom is -0.494 e.